The van der Waals surface area contributed by atoms with E-state index < -0.39 is 5.54 Å². The summed E-state index contributed by atoms with van der Waals surface area (Å²) in [6.07, 6.45) is 0.548. The van der Waals surface area contributed by atoms with Crippen molar-refractivity contribution in [2.75, 3.05) is 0 Å². The molecular formula is C14H15N3O2. The van der Waals surface area contributed by atoms with Gasteiger partial charge in [-0.05, 0) is 31.0 Å². The molecule has 1 unspecified atom stereocenters. The van der Waals surface area contributed by atoms with Gasteiger partial charge in [0.2, 0.25) is 0 Å². The molecule has 1 saturated heterocycles. The molecule has 19 heavy (non-hydrogen) atoms. The molecule has 1 aliphatic heterocycles. The molecule has 1 atom stereocenters. The van der Waals surface area contributed by atoms with Gasteiger partial charge in [-0.15, -0.1) is 0 Å². The number of nitrogens with zero attached hydrogens (tertiary/aromatic N) is 2. The number of nitrogens with one attached hydrogen (secondary N) is 1. The summed E-state index contributed by atoms with van der Waals surface area (Å²) >= 11 is 0. The highest BCUT2D eigenvalue weighted by molar-refractivity contribution is 6.06. The van der Waals surface area contributed by atoms with E-state index in [-0.39, 0.29) is 18.5 Å². The van der Waals surface area contributed by atoms with Gasteiger partial charge in [-0.2, -0.15) is 5.26 Å². The summed E-state index contributed by atoms with van der Waals surface area (Å²) in [5.74, 6) is -0.220. The van der Waals surface area contributed by atoms with Gasteiger partial charge in [-0.25, -0.2) is 4.79 Å². The molecule has 5 nitrogen and oxygen atoms in total. The van der Waals surface area contributed by atoms with Gasteiger partial charge >= 0.3 is 6.03 Å². The summed E-state index contributed by atoms with van der Waals surface area (Å²) in [7, 11) is 0. The van der Waals surface area contributed by atoms with Crippen molar-refractivity contribution in [3.63, 3.8) is 0 Å². The molecule has 0 saturated carbocycles. The molecule has 0 bridgehead atoms. The zero-order valence-electron chi connectivity index (χ0n) is 10.9. The first-order valence-electron chi connectivity index (χ1n) is 6.13. The lowest BCUT2D eigenvalue weighted by Gasteiger charge is -2.19. The van der Waals surface area contributed by atoms with Crippen LogP contribution in [0.4, 0.5) is 4.79 Å². The van der Waals surface area contributed by atoms with Crippen LogP contribution in [0.5, 0.6) is 0 Å². The normalized spacial score (nSPS) is 22.3. The first kappa shape index (κ1) is 13.1. The summed E-state index contributed by atoms with van der Waals surface area (Å²) in [6.45, 7) is 3.77. The minimum absolute atomic E-state index is 0.190. The summed E-state index contributed by atoms with van der Waals surface area (Å²) in [6, 6.07) is 8.56. The number of benzene rings is 1. The van der Waals surface area contributed by atoms with Crippen molar-refractivity contribution >= 4 is 11.9 Å². The maximum absolute atomic E-state index is 12.2. The van der Waals surface area contributed by atoms with Crippen molar-refractivity contribution in [3.05, 3.63) is 35.4 Å². The van der Waals surface area contributed by atoms with Crippen molar-refractivity contribution in [2.24, 2.45) is 0 Å². The average molecular weight is 257 g/mol. The molecule has 0 aliphatic carbocycles. The third-order valence-electron chi connectivity index (χ3n) is 3.45. The Morgan fingerprint density at radius 1 is 1.42 bits per heavy atom. The Bertz CT molecular complexity index is 576. The minimum atomic E-state index is -0.816. The summed E-state index contributed by atoms with van der Waals surface area (Å²) in [4.78, 5) is 25.2. The summed E-state index contributed by atoms with van der Waals surface area (Å²) < 4.78 is 0. The van der Waals surface area contributed by atoms with Crippen LogP contribution in [0.3, 0.4) is 0 Å². The maximum Gasteiger partial charge on any atom is 0.325 e. The Kier molecular flexibility index (Phi) is 3.26. The number of nitriles is 1. The Morgan fingerprint density at radius 2 is 2.16 bits per heavy atom. The van der Waals surface area contributed by atoms with Crippen LogP contribution in [-0.2, 0) is 11.3 Å². The minimum Gasteiger partial charge on any atom is -0.323 e. The van der Waals surface area contributed by atoms with E-state index in [2.05, 4.69) is 5.32 Å². The fourth-order valence-electron chi connectivity index (χ4n) is 2.05. The molecule has 1 N–H and O–H groups in total. The van der Waals surface area contributed by atoms with Crippen LogP contribution in [0.2, 0.25) is 0 Å². The zero-order chi connectivity index (χ0) is 14.0. The molecule has 1 aliphatic rings. The van der Waals surface area contributed by atoms with Gasteiger partial charge in [-0.3, -0.25) is 9.69 Å². The van der Waals surface area contributed by atoms with Gasteiger partial charge in [0.15, 0.2) is 0 Å². The second-order valence-corrected chi connectivity index (χ2v) is 4.82. The maximum atomic E-state index is 12.2. The molecular weight excluding hydrogens is 242 g/mol. The number of hydrogen-bond donors (Lipinski definition) is 1. The van der Waals surface area contributed by atoms with Gasteiger partial charge in [-0.1, -0.05) is 19.1 Å². The van der Waals surface area contributed by atoms with Gasteiger partial charge in [0.25, 0.3) is 5.91 Å². The van der Waals surface area contributed by atoms with Crippen LogP contribution in [-0.4, -0.2) is 22.4 Å². The molecule has 1 fully saturated rings. The highest BCUT2D eigenvalue weighted by Gasteiger charge is 2.46. The Labute approximate surface area is 111 Å². The number of carbonyl (C=O) groups is 2. The van der Waals surface area contributed by atoms with E-state index in [9.17, 15) is 9.59 Å². The predicted octanol–water partition coefficient (Wildman–Crippen LogP) is 1.78. The number of hydrogen-bond acceptors (Lipinski definition) is 3. The molecule has 1 heterocycles. The van der Waals surface area contributed by atoms with E-state index in [4.69, 9.17) is 5.26 Å². The standard InChI is InChI=1S/C14H15N3O2/c1-3-14(2)12(18)17(13(19)16-14)9-11-6-4-5-10(7-11)8-15/h4-7H,3,9H2,1-2H3,(H,16,19). The Hall–Kier alpha value is -2.35. The van der Waals surface area contributed by atoms with Crippen LogP contribution in [0.25, 0.3) is 0 Å². The van der Waals surface area contributed by atoms with Crippen LogP contribution in [0.15, 0.2) is 24.3 Å². The molecule has 98 valence electrons. The van der Waals surface area contributed by atoms with Crippen LogP contribution >= 0.6 is 0 Å². The van der Waals surface area contributed by atoms with Crippen LogP contribution < -0.4 is 5.32 Å². The van der Waals surface area contributed by atoms with Crippen molar-refractivity contribution in [3.8, 4) is 6.07 Å². The lowest BCUT2D eigenvalue weighted by atomic mass is 9.99. The molecule has 1 aromatic rings. The second-order valence-electron chi connectivity index (χ2n) is 4.82. The van der Waals surface area contributed by atoms with Crippen LogP contribution in [0, 0.1) is 11.3 Å². The first-order chi connectivity index (χ1) is 9.00. The quantitative estimate of drug-likeness (QED) is 0.839. The molecule has 0 aromatic heterocycles. The third-order valence-corrected chi connectivity index (χ3v) is 3.45. The Balaban J connectivity index is 2.22. The van der Waals surface area contributed by atoms with Crippen LogP contribution in [0.1, 0.15) is 31.4 Å². The molecule has 1 aromatic carbocycles. The topological polar surface area (TPSA) is 73.2 Å². The predicted molar refractivity (Wildman–Crippen MR) is 68.9 cm³/mol. The highest BCUT2D eigenvalue weighted by Crippen LogP contribution is 2.22. The number of imide groups is 1. The lowest BCUT2D eigenvalue weighted by molar-refractivity contribution is -0.131. The smallest absolute Gasteiger partial charge is 0.323 e. The monoisotopic (exact) mass is 257 g/mol. The first-order valence-corrected chi connectivity index (χ1v) is 6.13. The molecule has 0 spiro atoms. The van der Waals surface area contributed by atoms with Crippen molar-refractivity contribution in [2.45, 2.75) is 32.4 Å². The summed E-state index contributed by atoms with van der Waals surface area (Å²) in [5, 5.41) is 11.5. The lowest BCUT2D eigenvalue weighted by Crippen LogP contribution is -2.43. The number of urea groups is 1. The second kappa shape index (κ2) is 4.73. The third kappa shape index (κ3) is 2.29. The van der Waals surface area contributed by atoms with E-state index in [1.807, 2.05) is 13.0 Å². The largest absolute Gasteiger partial charge is 0.325 e. The van der Waals surface area contributed by atoms with Crippen molar-refractivity contribution < 1.29 is 9.59 Å². The molecule has 3 amide bonds. The number of carbonyl (C=O) groups excluding carboxylic acids is 2. The van der Waals surface area contributed by atoms with E-state index in [1.54, 1.807) is 31.2 Å². The fourth-order valence-corrected chi connectivity index (χ4v) is 2.05. The van der Waals surface area contributed by atoms with Gasteiger partial charge in [0.1, 0.15) is 5.54 Å². The van der Waals surface area contributed by atoms with E-state index in [0.717, 1.165) is 5.56 Å². The Morgan fingerprint density at radius 3 is 2.74 bits per heavy atom. The molecule has 5 heteroatoms. The highest BCUT2D eigenvalue weighted by atomic mass is 16.2. The molecule has 2 rings (SSSR count). The zero-order valence-corrected chi connectivity index (χ0v) is 10.9. The molecule has 0 radical (unpaired) electrons. The fraction of sp³-hybridized carbons (Fsp3) is 0.357. The average Bonchev–Trinajstić information content (AvgIpc) is 2.63. The number of amides is 3. The van der Waals surface area contributed by atoms with E-state index in [0.29, 0.717) is 12.0 Å². The van der Waals surface area contributed by atoms with Gasteiger partial charge in [0.05, 0.1) is 18.2 Å². The van der Waals surface area contributed by atoms with Crippen molar-refractivity contribution in [1.82, 2.24) is 10.2 Å². The van der Waals surface area contributed by atoms with E-state index in [1.165, 1.54) is 4.90 Å². The van der Waals surface area contributed by atoms with Gasteiger partial charge < -0.3 is 5.32 Å². The van der Waals surface area contributed by atoms with E-state index >= 15 is 0 Å². The number of rotatable bonds is 3. The SMILES string of the molecule is CCC1(C)NC(=O)N(Cc2cccc(C#N)c2)C1=O. The summed E-state index contributed by atoms with van der Waals surface area (Å²) in [5.41, 5.74) is 0.468. The van der Waals surface area contributed by atoms with Gasteiger partial charge in [0, 0.05) is 0 Å². The van der Waals surface area contributed by atoms with Crippen molar-refractivity contribution in [1.29, 1.82) is 5.26 Å².